The number of nitriles is 1. The molecule has 1 atom stereocenters. The van der Waals surface area contributed by atoms with Crippen molar-refractivity contribution < 1.29 is 0 Å². The lowest BCUT2D eigenvalue weighted by Gasteiger charge is -2.26. The van der Waals surface area contributed by atoms with Crippen molar-refractivity contribution in [2.24, 2.45) is 4.99 Å². The molecular formula is C15H12BrN3. The second-order valence-corrected chi connectivity index (χ2v) is 5.17. The van der Waals surface area contributed by atoms with E-state index in [1.807, 2.05) is 37.3 Å². The van der Waals surface area contributed by atoms with Crippen LogP contribution in [0, 0.1) is 11.3 Å². The van der Waals surface area contributed by atoms with Crippen LogP contribution in [0.1, 0.15) is 23.7 Å². The van der Waals surface area contributed by atoms with Crippen LogP contribution in [-0.4, -0.2) is 11.7 Å². The van der Waals surface area contributed by atoms with E-state index < -0.39 is 5.54 Å². The van der Waals surface area contributed by atoms with Crippen LogP contribution in [0.15, 0.2) is 52.1 Å². The van der Waals surface area contributed by atoms with E-state index in [0.29, 0.717) is 5.69 Å². The van der Waals surface area contributed by atoms with Crippen molar-refractivity contribution in [3.8, 4) is 6.07 Å². The predicted molar refractivity (Wildman–Crippen MR) is 79.1 cm³/mol. The van der Waals surface area contributed by atoms with Gasteiger partial charge in [0.05, 0.1) is 0 Å². The van der Waals surface area contributed by atoms with Crippen LogP contribution in [0.3, 0.4) is 0 Å². The summed E-state index contributed by atoms with van der Waals surface area (Å²) in [5.41, 5.74) is 1.40. The molecule has 0 spiro atoms. The molecule has 0 saturated heterocycles. The van der Waals surface area contributed by atoms with E-state index in [2.05, 4.69) is 38.7 Å². The minimum Gasteiger partial charge on any atom is -0.285 e. The molecule has 0 aliphatic heterocycles. The fourth-order valence-corrected chi connectivity index (χ4v) is 2.41. The van der Waals surface area contributed by atoms with E-state index in [9.17, 15) is 5.26 Å². The predicted octanol–water partition coefficient (Wildman–Crippen LogP) is 3.68. The van der Waals surface area contributed by atoms with Gasteiger partial charge in [-0.25, -0.2) is 4.98 Å². The molecule has 2 aromatic rings. The smallest absolute Gasteiger partial charge is 0.146 e. The van der Waals surface area contributed by atoms with Gasteiger partial charge in [-0.3, -0.25) is 4.99 Å². The topological polar surface area (TPSA) is 49.0 Å². The lowest BCUT2D eigenvalue weighted by Crippen LogP contribution is -2.22. The molecule has 1 heterocycles. The molecule has 1 aromatic heterocycles. The van der Waals surface area contributed by atoms with Crippen LogP contribution in [-0.2, 0) is 5.54 Å². The van der Waals surface area contributed by atoms with Gasteiger partial charge >= 0.3 is 0 Å². The number of aromatic nitrogens is 1. The molecule has 3 nitrogen and oxygen atoms in total. The van der Waals surface area contributed by atoms with Gasteiger partial charge in [-0.1, -0.05) is 34.1 Å². The Labute approximate surface area is 120 Å². The number of rotatable bonds is 3. The van der Waals surface area contributed by atoms with Gasteiger partial charge < -0.3 is 0 Å². The zero-order chi connectivity index (χ0) is 13.9. The van der Waals surface area contributed by atoms with E-state index in [0.717, 1.165) is 15.6 Å². The van der Waals surface area contributed by atoms with Crippen LogP contribution in [0.2, 0.25) is 0 Å². The number of pyridine rings is 1. The summed E-state index contributed by atoms with van der Waals surface area (Å²) in [6.45, 7) is 5.62. The standard InChI is InChI=1S/C15H12BrN3/c1-15(18-2,11-5-3-6-12(16)9-11)13-7-4-8-19-14(13)10-17/h3-9H,2H2,1H3. The Kier molecular flexibility index (Phi) is 3.77. The SMILES string of the molecule is C=NC(C)(c1cccc(Br)c1)c1cccnc1C#N. The van der Waals surface area contributed by atoms with Gasteiger partial charge in [-0.05, 0) is 37.4 Å². The van der Waals surface area contributed by atoms with E-state index in [-0.39, 0.29) is 0 Å². The van der Waals surface area contributed by atoms with Crippen molar-refractivity contribution in [1.29, 1.82) is 5.26 Å². The van der Waals surface area contributed by atoms with Crippen LogP contribution in [0.5, 0.6) is 0 Å². The van der Waals surface area contributed by atoms with Gasteiger partial charge in [-0.15, -0.1) is 0 Å². The Balaban J connectivity index is 2.67. The summed E-state index contributed by atoms with van der Waals surface area (Å²) in [5.74, 6) is 0. The van der Waals surface area contributed by atoms with Gasteiger partial charge in [-0.2, -0.15) is 5.26 Å². The number of nitrogens with zero attached hydrogens (tertiary/aromatic N) is 3. The highest BCUT2D eigenvalue weighted by Crippen LogP contribution is 2.35. The minimum atomic E-state index is -0.691. The van der Waals surface area contributed by atoms with Crippen molar-refractivity contribution in [3.05, 3.63) is 63.9 Å². The quantitative estimate of drug-likeness (QED) is 0.811. The fraction of sp³-hybridized carbons (Fsp3) is 0.133. The van der Waals surface area contributed by atoms with Crippen molar-refractivity contribution in [2.45, 2.75) is 12.5 Å². The summed E-state index contributed by atoms with van der Waals surface area (Å²) in [5, 5.41) is 9.19. The molecule has 4 heteroatoms. The molecule has 1 unspecified atom stereocenters. The Morgan fingerprint density at radius 1 is 1.37 bits per heavy atom. The van der Waals surface area contributed by atoms with Gasteiger partial charge in [0.1, 0.15) is 17.3 Å². The zero-order valence-corrected chi connectivity index (χ0v) is 12.1. The average molecular weight is 314 g/mol. The highest BCUT2D eigenvalue weighted by Gasteiger charge is 2.30. The first-order valence-corrected chi connectivity index (χ1v) is 6.50. The molecular weight excluding hydrogens is 302 g/mol. The third-order valence-electron chi connectivity index (χ3n) is 3.14. The first-order valence-electron chi connectivity index (χ1n) is 5.71. The molecule has 0 bridgehead atoms. The Hall–Kier alpha value is -1.99. The molecule has 1 aromatic carbocycles. The van der Waals surface area contributed by atoms with Crippen LogP contribution in [0.4, 0.5) is 0 Å². The number of hydrogen-bond acceptors (Lipinski definition) is 3. The molecule has 0 aliphatic rings. The highest BCUT2D eigenvalue weighted by molar-refractivity contribution is 9.10. The normalized spacial score (nSPS) is 13.3. The molecule has 0 N–H and O–H groups in total. The van der Waals surface area contributed by atoms with E-state index in [4.69, 9.17) is 0 Å². The van der Waals surface area contributed by atoms with Crippen molar-refractivity contribution >= 4 is 22.6 Å². The maximum atomic E-state index is 9.19. The number of halogens is 1. The number of aliphatic imine (C=N–C) groups is 1. The summed E-state index contributed by atoms with van der Waals surface area (Å²) >= 11 is 3.45. The first-order chi connectivity index (χ1) is 9.11. The van der Waals surface area contributed by atoms with Gasteiger partial charge in [0.15, 0.2) is 0 Å². The van der Waals surface area contributed by atoms with E-state index >= 15 is 0 Å². The number of hydrogen-bond donors (Lipinski definition) is 0. The molecule has 0 amide bonds. The van der Waals surface area contributed by atoms with Gasteiger partial charge in [0.2, 0.25) is 0 Å². The van der Waals surface area contributed by atoms with Gasteiger partial charge in [0, 0.05) is 16.2 Å². The average Bonchev–Trinajstić information content (AvgIpc) is 2.46. The highest BCUT2D eigenvalue weighted by atomic mass is 79.9. The second-order valence-electron chi connectivity index (χ2n) is 4.25. The molecule has 0 fully saturated rings. The largest absolute Gasteiger partial charge is 0.285 e. The molecule has 0 radical (unpaired) electrons. The fourth-order valence-electron chi connectivity index (χ4n) is 2.01. The molecule has 94 valence electrons. The van der Waals surface area contributed by atoms with E-state index in [1.165, 1.54) is 0 Å². The molecule has 0 aliphatic carbocycles. The Morgan fingerprint density at radius 3 is 2.79 bits per heavy atom. The summed E-state index contributed by atoms with van der Waals surface area (Å²) < 4.78 is 0.960. The van der Waals surface area contributed by atoms with Gasteiger partial charge in [0.25, 0.3) is 0 Å². The lowest BCUT2D eigenvalue weighted by atomic mass is 9.84. The van der Waals surface area contributed by atoms with Crippen molar-refractivity contribution in [1.82, 2.24) is 4.98 Å². The summed E-state index contributed by atoms with van der Waals surface area (Å²) in [7, 11) is 0. The van der Waals surface area contributed by atoms with E-state index in [1.54, 1.807) is 12.3 Å². The maximum Gasteiger partial charge on any atom is 0.146 e. The minimum absolute atomic E-state index is 0.373. The molecule has 0 saturated carbocycles. The third kappa shape index (κ3) is 2.42. The summed E-state index contributed by atoms with van der Waals surface area (Å²) in [6.07, 6.45) is 1.60. The lowest BCUT2D eigenvalue weighted by molar-refractivity contribution is 0.606. The van der Waals surface area contributed by atoms with Crippen molar-refractivity contribution in [2.75, 3.05) is 0 Å². The Morgan fingerprint density at radius 2 is 2.16 bits per heavy atom. The van der Waals surface area contributed by atoms with Crippen LogP contribution < -0.4 is 0 Å². The first kappa shape index (κ1) is 13.4. The maximum absolute atomic E-state index is 9.19. The number of benzene rings is 1. The molecule has 19 heavy (non-hydrogen) atoms. The monoisotopic (exact) mass is 313 g/mol. The van der Waals surface area contributed by atoms with Crippen LogP contribution in [0.25, 0.3) is 0 Å². The summed E-state index contributed by atoms with van der Waals surface area (Å²) in [6, 6.07) is 13.6. The Bertz CT molecular complexity index is 660. The summed E-state index contributed by atoms with van der Waals surface area (Å²) in [4.78, 5) is 8.35. The molecule has 2 rings (SSSR count). The third-order valence-corrected chi connectivity index (χ3v) is 3.63. The zero-order valence-electron chi connectivity index (χ0n) is 10.5. The van der Waals surface area contributed by atoms with Crippen molar-refractivity contribution in [3.63, 3.8) is 0 Å². The van der Waals surface area contributed by atoms with Crippen LogP contribution >= 0.6 is 15.9 Å². The second kappa shape index (κ2) is 5.33.